The van der Waals surface area contributed by atoms with Crippen molar-refractivity contribution in [3.63, 3.8) is 0 Å². The molecule has 6 heteroatoms. The summed E-state index contributed by atoms with van der Waals surface area (Å²) in [5.41, 5.74) is 5.66. The van der Waals surface area contributed by atoms with Crippen molar-refractivity contribution >= 4 is 17.3 Å². The highest BCUT2D eigenvalue weighted by molar-refractivity contribution is 5.99. The van der Waals surface area contributed by atoms with Crippen LogP contribution in [0.2, 0.25) is 0 Å². The van der Waals surface area contributed by atoms with Gasteiger partial charge in [0.2, 0.25) is 0 Å². The fourth-order valence-electron chi connectivity index (χ4n) is 1.57. The molecule has 0 saturated heterocycles. The Morgan fingerprint density at radius 2 is 2.17 bits per heavy atom. The molecule has 0 unspecified atom stereocenters. The summed E-state index contributed by atoms with van der Waals surface area (Å²) in [6, 6.07) is 3.98. The standard InChI is InChI=1S/C12H17N3O3/c1-2-3-4-7-14-12(16)10-8-9(13)5-6-11(10)15(17)18/h5-6,8H,2-4,7,13H2,1H3,(H,14,16). The second kappa shape index (κ2) is 6.58. The van der Waals surface area contributed by atoms with Crippen molar-refractivity contribution in [2.75, 3.05) is 12.3 Å². The first-order valence-electron chi connectivity index (χ1n) is 5.88. The van der Waals surface area contributed by atoms with E-state index >= 15 is 0 Å². The van der Waals surface area contributed by atoms with Crippen LogP contribution in [0.4, 0.5) is 11.4 Å². The Bertz CT molecular complexity index is 446. The van der Waals surface area contributed by atoms with Crippen LogP contribution in [0.25, 0.3) is 0 Å². The van der Waals surface area contributed by atoms with Gasteiger partial charge < -0.3 is 11.1 Å². The molecule has 1 rings (SSSR count). The monoisotopic (exact) mass is 251 g/mol. The zero-order chi connectivity index (χ0) is 13.5. The lowest BCUT2D eigenvalue weighted by atomic mass is 10.1. The van der Waals surface area contributed by atoms with E-state index in [9.17, 15) is 14.9 Å². The van der Waals surface area contributed by atoms with E-state index in [2.05, 4.69) is 12.2 Å². The maximum absolute atomic E-state index is 11.8. The van der Waals surface area contributed by atoms with Gasteiger partial charge in [-0.2, -0.15) is 0 Å². The van der Waals surface area contributed by atoms with Crippen LogP contribution in [-0.2, 0) is 0 Å². The highest BCUT2D eigenvalue weighted by atomic mass is 16.6. The van der Waals surface area contributed by atoms with Crippen LogP contribution in [0.5, 0.6) is 0 Å². The Balaban J connectivity index is 2.77. The van der Waals surface area contributed by atoms with Gasteiger partial charge >= 0.3 is 0 Å². The average molecular weight is 251 g/mol. The number of hydrogen-bond donors (Lipinski definition) is 2. The number of rotatable bonds is 6. The second-order valence-electron chi connectivity index (χ2n) is 4.00. The van der Waals surface area contributed by atoms with E-state index in [4.69, 9.17) is 5.73 Å². The number of hydrogen-bond acceptors (Lipinski definition) is 4. The highest BCUT2D eigenvalue weighted by Gasteiger charge is 2.19. The molecule has 1 amide bonds. The van der Waals surface area contributed by atoms with Crippen molar-refractivity contribution in [3.05, 3.63) is 33.9 Å². The molecule has 98 valence electrons. The minimum atomic E-state index is -0.583. The summed E-state index contributed by atoms with van der Waals surface area (Å²) < 4.78 is 0. The molecular weight excluding hydrogens is 234 g/mol. The van der Waals surface area contributed by atoms with E-state index in [1.54, 1.807) is 0 Å². The minimum Gasteiger partial charge on any atom is -0.399 e. The Hall–Kier alpha value is -2.11. The lowest BCUT2D eigenvalue weighted by molar-refractivity contribution is -0.385. The van der Waals surface area contributed by atoms with E-state index in [0.717, 1.165) is 19.3 Å². The van der Waals surface area contributed by atoms with Gasteiger partial charge in [-0.15, -0.1) is 0 Å². The van der Waals surface area contributed by atoms with E-state index < -0.39 is 10.8 Å². The van der Waals surface area contributed by atoms with E-state index in [1.165, 1.54) is 18.2 Å². The number of nitrogens with zero attached hydrogens (tertiary/aromatic N) is 1. The maximum Gasteiger partial charge on any atom is 0.282 e. The predicted octanol–water partition coefficient (Wildman–Crippen LogP) is 2.10. The number of carbonyl (C=O) groups is 1. The fraction of sp³-hybridized carbons (Fsp3) is 0.417. The predicted molar refractivity (Wildman–Crippen MR) is 69.4 cm³/mol. The molecule has 0 radical (unpaired) electrons. The number of nitrogens with one attached hydrogen (secondary N) is 1. The summed E-state index contributed by atoms with van der Waals surface area (Å²) in [7, 11) is 0. The van der Waals surface area contributed by atoms with Crippen LogP contribution in [-0.4, -0.2) is 17.4 Å². The quantitative estimate of drug-likeness (QED) is 0.350. The number of nitrogens with two attached hydrogens (primary N) is 1. The van der Waals surface area contributed by atoms with Crippen molar-refractivity contribution in [2.45, 2.75) is 26.2 Å². The molecule has 0 atom stereocenters. The number of unbranched alkanes of at least 4 members (excludes halogenated alkanes) is 2. The molecule has 1 aromatic rings. The van der Waals surface area contributed by atoms with Gasteiger partial charge in [0.05, 0.1) is 4.92 Å². The molecule has 0 aliphatic rings. The molecule has 0 aromatic heterocycles. The lowest BCUT2D eigenvalue weighted by Gasteiger charge is -2.06. The van der Waals surface area contributed by atoms with Crippen LogP contribution in [0.1, 0.15) is 36.5 Å². The van der Waals surface area contributed by atoms with Crippen LogP contribution < -0.4 is 11.1 Å². The van der Waals surface area contributed by atoms with Crippen LogP contribution >= 0.6 is 0 Å². The van der Waals surface area contributed by atoms with Crippen LogP contribution in [0, 0.1) is 10.1 Å². The zero-order valence-corrected chi connectivity index (χ0v) is 10.3. The largest absolute Gasteiger partial charge is 0.399 e. The molecule has 0 spiro atoms. The molecule has 0 bridgehead atoms. The zero-order valence-electron chi connectivity index (χ0n) is 10.3. The van der Waals surface area contributed by atoms with Crippen molar-refractivity contribution in [1.82, 2.24) is 5.32 Å². The third-order valence-corrected chi connectivity index (χ3v) is 2.53. The van der Waals surface area contributed by atoms with Crippen molar-refractivity contribution in [2.24, 2.45) is 0 Å². The molecule has 0 saturated carbocycles. The molecular formula is C12H17N3O3. The van der Waals surface area contributed by atoms with Crippen molar-refractivity contribution in [1.29, 1.82) is 0 Å². The summed E-state index contributed by atoms with van der Waals surface area (Å²) in [6.07, 6.45) is 2.92. The first-order valence-corrected chi connectivity index (χ1v) is 5.88. The SMILES string of the molecule is CCCCCNC(=O)c1cc(N)ccc1[N+](=O)[O-]. The Morgan fingerprint density at radius 1 is 1.44 bits per heavy atom. The molecule has 3 N–H and O–H groups in total. The van der Waals surface area contributed by atoms with Crippen molar-refractivity contribution in [3.8, 4) is 0 Å². The summed E-state index contributed by atoms with van der Waals surface area (Å²) >= 11 is 0. The first-order chi connectivity index (χ1) is 8.56. The van der Waals surface area contributed by atoms with Gasteiger partial charge in [0.15, 0.2) is 0 Å². The third-order valence-electron chi connectivity index (χ3n) is 2.53. The minimum absolute atomic E-state index is 0.0106. The Kier molecular flexibility index (Phi) is 5.10. The van der Waals surface area contributed by atoms with Gasteiger partial charge in [0, 0.05) is 18.3 Å². The molecule has 0 aliphatic heterocycles. The summed E-state index contributed by atoms with van der Waals surface area (Å²) in [5, 5.41) is 13.5. The van der Waals surface area contributed by atoms with Crippen LogP contribution in [0.15, 0.2) is 18.2 Å². The van der Waals surface area contributed by atoms with Gasteiger partial charge in [-0.3, -0.25) is 14.9 Å². The second-order valence-corrected chi connectivity index (χ2v) is 4.00. The number of amides is 1. The summed E-state index contributed by atoms with van der Waals surface area (Å²) in [6.45, 7) is 2.57. The topological polar surface area (TPSA) is 98.3 Å². The molecule has 0 heterocycles. The fourth-order valence-corrected chi connectivity index (χ4v) is 1.57. The van der Waals surface area contributed by atoms with Gasteiger partial charge in [0.25, 0.3) is 11.6 Å². The maximum atomic E-state index is 11.8. The van der Waals surface area contributed by atoms with Gasteiger partial charge in [0.1, 0.15) is 5.56 Å². The number of nitro groups is 1. The van der Waals surface area contributed by atoms with Gasteiger partial charge in [-0.05, 0) is 18.6 Å². The number of nitro benzene ring substituents is 1. The number of carbonyl (C=O) groups excluding carboxylic acids is 1. The summed E-state index contributed by atoms with van der Waals surface area (Å²) in [4.78, 5) is 22.0. The number of benzene rings is 1. The van der Waals surface area contributed by atoms with E-state index in [1.807, 2.05) is 0 Å². The Morgan fingerprint density at radius 3 is 2.78 bits per heavy atom. The van der Waals surface area contributed by atoms with E-state index in [0.29, 0.717) is 12.2 Å². The molecule has 1 aromatic carbocycles. The third kappa shape index (κ3) is 3.73. The van der Waals surface area contributed by atoms with E-state index in [-0.39, 0.29) is 11.3 Å². The Labute approximate surface area is 105 Å². The van der Waals surface area contributed by atoms with Crippen LogP contribution in [0.3, 0.4) is 0 Å². The van der Waals surface area contributed by atoms with Crippen molar-refractivity contribution < 1.29 is 9.72 Å². The first kappa shape index (κ1) is 14.0. The van der Waals surface area contributed by atoms with Gasteiger partial charge in [-0.1, -0.05) is 19.8 Å². The lowest BCUT2D eigenvalue weighted by Crippen LogP contribution is -2.25. The smallest absolute Gasteiger partial charge is 0.282 e. The average Bonchev–Trinajstić information content (AvgIpc) is 2.34. The molecule has 18 heavy (non-hydrogen) atoms. The number of anilines is 1. The number of nitrogen functional groups attached to an aromatic ring is 1. The molecule has 6 nitrogen and oxygen atoms in total. The summed E-state index contributed by atoms with van der Waals surface area (Å²) in [5.74, 6) is -0.454. The molecule has 0 fully saturated rings. The van der Waals surface area contributed by atoms with Gasteiger partial charge in [-0.25, -0.2) is 0 Å². The normalized spacial score (nSPS) is 10.1. The highest BCUT2D eigenvalue weighted by Crippen LogP contribution is 2.20. The molecule has 0 aliphatic carbocycles.